The Kier molecular flexibility index (Phi) is 12.6. The molecule has 10 heteroatoms. The van der Waals surface area contributed by atoms with E-state index < -0.39 is 42.0 Å². The van der Waals surface area contributed by atoms with E-state index >= 15 is 0 Å². The van der Waals surface area contributed by atoms with Crippen LogP contribution in [0.1, 0.15) is 59.5 Å². The zero-order valence-corrected chi connectivity index (χ0v) is 26.3. The average molecular weight is 636 g/mol. The molecule has 4 amide bonds. The van der Waals surface area contributed by atoms with Crippen molar-refractivity contribution in [3.63, 3.8) is 0 Å². The second-order valence-corrected chi connectivity index (χ2v) is 11.3. The minimum Gasteiger partial charge on any atom is -0.460 e. The largest absolute Gasteiger partial charge is 0.460 e. The van der Waals surface area contributed by atoms with Crippen LogP contribution in [0.25, 0.3) is 0 Å². The molecule has 0 aliphatic heterocycles. The zero-order valence-electron chi connectivity index (χ0n) is 26.3. The number of nitrogens with one attached hydrogen (secondary N) is 3. The van der Waals surface area contributed by atoms with E-state index in [2.05, 4.69) is 16.0 Å². The zero-order chi connectivity index (χ0) is 33.6. The molecule has 0 fully saturated rings. The molecule has 0 bridgehead atoms. The molecule has 0 aliphatic carbocycles. The van der Waals surface area contributed by atoms with Gasteiger partial charge in [0.25, 0.3) is 0 Å². The monoisotopic (exact) mass is 635 g/mol. The van der Waals surface area contributed by atoms with Crippen molar-refractivity contribution in [3.8, 4) is 0 Å². The molecule has 0 aliphatic rings. The molecule has 3 atom stereocenters. The number of amides is 4. The van der Waals surface area contributed by atoms with Gasteiger partial charge in [-0.15, -0.1) is 0 Å². The van der Waals surface area contributed by atoms with Crippen LogP contribution in [0.2, 0.25) is 0 Å². The highest BCUT2D eigenvalue weighted by molar-refractivity contribution is 5.92. The minimum absolute atomic E-state index is 0.0821. The molecule has 0 aromatic heterocycles. The highest BCUT2D eigenvalue weighted by Crippen LogP contribution is 2.25. The molecule has 0 heterocycles. The highest BCUT2D eigenvalue weighted by Gasteiger charge is 2.30. The highest BCUT2D eigenvalue weighted by atomic mass is 16.5. The topological polar surface area (TPSA) is 166 Å². The normalized spacial score (nSPS) is 12.7. The van der Waals surface area contributed by atoms with Gasteiger partial charge in [0.1, 0.15) is 18.7 Å². The van der Waals surface area contributed by atoms with Gasteiger partial charge < -0.3 is 32.2 Å². The summed E-state index contributed by atoms with van der Waals surface area (Å²) in [6, 6.07) is 32.3. The van der Waals surface area contributed by atoms with Gasteiger partial charge in [-0.25, -0.2) is 4.79 Å². The Balaban J connectivity index is 1.49. The summed E-state index contributed by atoms with van der Waals surface area (Å²) in [6.07, 6.45) is 0.198. The van der Waals surface area contributed by atoms with E-state index in [1.165, 1.54) is 0 Å². The van der Waals surface area contributed by atoms with Crippen molar-refractivity contribution in [2.45, 2.75) is 57.0 Å². The maximum absolute atomic E-state index is 13.9. The summed E-state index contributed by atoms with van der Waals surface area (Å²) >= 11 is 0. The van der Waals surface area contributed by atoms with E-state index in [4.69, 9.17) is 16.2 Å². The van der Waals surface area contributed by atoms with E-state index in [9.17, 15) is 19.2 Å². The number of hydrogen-bond acceptors (Lipinski definition) is 6. The predicted octanol–water partition coefficient (Wildman–Crippen LogP) is 4.20. The van der Waals surface area contributed by atoms with Gasteiger partial charge in [0.15, 0.2) is 0 Å². The summed E-state index contributed by atoms with van der Waals surface area (Å²) in [5.41, 5.74) is 15.4. The van der Waals surface area contributed by atoms with Crippen LogP contribution in [0.15, 0.2) is 115 Å². The number of carbonyl (C=O) groups excluding carboxylic acids is 4. The Morgan fingerprint density at radius 3 is 1.77 bits per heavy atom. The van der Waals surface area contributed by atoms with Gasteiger partial charge in [-0.3, -0.25) is 14.4 Å². The van der Waals surface area contributed by atoms with Crippen molar-refractivity contribution in [3.05, 3.63) is 143 Å². The number of ether oxygens (including phenoxy) is 1. The molecule has 1 unspecified atom stereocenters. The molecular weight excluding hydrogens is 594 g/mol. The van der Waals surface area contributed by atoms with Gasteiger partial charge in [0.2, 0.25) is 11.8 Å². The van der Waals surface area contributed by atoms with Crippen LogP contribution < -0.4 is 27.4 Å². The van der Waals surface area contributed by atoms with Crippen LogP contribution in [0, 0.1) is 0 Å². The molecule has 0 radical (unpaired) electrons. The summed E-state index contributed by atoms with van der Waals surface area (Å²) in [4.78, 5) is 51.4. The van der Waals surface area contributed by atoms with Crippen LogP contribution in [0.5, 0.6) is 0 Å². The SMILES string of the molecule is CC(NC(=O)[C@@H](CC[C@H](N)C(=O)OCc1ccccc1)NC(=O)C(c1ccccc1)c1ccccc1)c1ccc(CNC(N)=O)cc1. The fourth-order valence-corrected chi connectivity index (χ4v) is 5.12. The fourth-order valence-electron chi connectivity index (χ4n) is 5.12. The first-order chi connectivity index (χ1) is 22.7. The van der Waals surface area contributed by atoms with Gasteiger partial charge in [-0.2, -0.15) is 0 Å². The van der Waals surface area contributed by atoms with Crippen LogP contribution in [0.4, 0.5) is 4.79 Å². The summed E-state index contributed by atoms with van der Waals surface area (Å²) in [6.45, 7) is 2.19. The first-order valence-electron chi connectivity index (χ1n) is 15.5. The smallest absolute Gasteiger partial charge is 0.323 e. The van der Waals surface area contributed by atoms with Crippen molar-refractivity contribution in [1.82, 2.24) is 16.0 Å². The maximum Gasteiger partial charge on any atom is 0.323 e. The van der Waals surface area contributed by atoms with Gasteiger partial charge in [0.05, 0.1) is 12.0 Å². The first kappa shape index (κ1) is 34.4. The first-order valence-corrected chi connectivity index (χ1v) is 15.5. The van der Waals surface area contributed by atoms with Crippen molar-refractivity contribution in [2.75, 3.05) is 0 Å². The van der Waals surface area contributed by atoms with E-state index in [1.807, 2.05) is 122 Å². The van der Waals surface area contributed by atoms with Crippen LogP contribution in [-0.2, 0) is 32.3 Å². The third-order valence-corrected chi connectivity index (χ3v) is 7.76. The summed E-state index contributed by atoms with van der Waals surface area (Å²) in [5.74, 6) is -2.04. The lowest BCUT2D eigenvalue weighted by molar-refractivity contribution is -0.146. The van der Waals surface area contributed by atoms with Gasteiger partial charge in [0, 0.05) is 6.54 Å². The van der Waals surface area contributed by atoms with Crippen molar-refractivity contribution < 1.29 is 23.9 Å². The Hall–Kier alpha value is -5.48. The maximum atomic E-state index is 13.9. The minimum atomic E-state index is -0.996. The molecule has 0 saturated heterocycles. The Labute approximate surface area is 274 Å². The molecule has 4 aromatic rings. The third kappa shape index (κ3) is 10.5. The molecule has 0 spiro atoms. The second-order valence-electron chi connectivity index (χ2n) is 11.3. The van der Waals surface area contributed by atoms with Crippen LogP contribution in [0.3, 0.4) is 0 Å². The molecule has 7 N–H and O–H groups in total. The van der Waals surface area contributed by atoms with E-state index in [1.54, 1.807) is 0 Å². The summed E-state index contributed by atoms with van der Waals surface area (Å²) < 4.78 is 5.40. The number of carbonyl (C=O) groups is 4. The quantitative estimate of drug-likeness (QED) is 0.123. The summed E-state index contributed by atoms with van der Waals surface area (Å²) in [7, 11) is 0. The molecule has 244 valence electrons. The summed E-state index contributed by atoms with van der Waals surface area (Å²) in [5, 5.41) is 8.48. The number of benzene rings is 4. The number of rotatable bonds is 15. The lowest BCUT2D eigenvalue weighted by atomic mass is 9.90. The Morgan fingerprint density at radius 1 is 0.660 bits per heavy atom. The van der Waals surface area contributed by atoms with Gasteiger partial charge >= 0.3 is 12.0 Å². The number of hydrogen-bond donors (Lipinski definition) is 5. The van der Waals surface area contributed by atoms with E-state index in [0.29, 0.717) is 0 Å². The number of esters is 1. The predicted molar refractivity (Wildman–Crippen MR) is 180 cm³/mol. The van der Waals surface area contributed by atoms with E-state index in [-0.39, 0.29) is 31.9 Å². The van der Waals surface area contributed by atoms with Gasteiger partial charge in [-0.1, -0.05) is 115 Å². The number of primary amides is 1. The molecule has 47 heavy (non-hydrogen) atoms. The van der Waals surface area contributed by atoms with Crippen LogP contribution in [-0.4, -0.2) is 35.9 Å². The number of urea groups is 1. The fraction of sp³-hybridized carbons (Fsp3) is 0.243. The van der Waals surface area contributed by atoms with E-state index in [0.717, 1.165) is 27.8 Å². The Bertz CT molecular complexity index is 1560. The van der Waals surface area contributed by atoms with Crippen molar-refractivity contribution in [2.24, 2.45) is 11.5 Å². The standard InChI is InChI=1S/C37H41N5O5/c1-25(28-19-17-26(18-20-28)23-40-37(39)46)41-34(43)32(22-21-31(38)36(45)47-24-27-11-5-2-6-12-27)42-35(44)33(29-13-7-3-8-14-29)30-15-9-4-10-16-30/h2-20,25,31-33H,21-24,38H2,1H3,(H,41,43)(H,42,44)(H3,39,40,46)/t25?,31-,32+/m0/s1. The second kappa shape index (κ2) is 17.3. The molecule has 10 nitrogen and oxygen atoms in total. The van der Waals surface area contributed by atoms with Crippen LogP contribution >= 0.6 is 0 Å². The third-order valence-electron chi connectivity index (χ3n) is 7.76. The molecule has 4 aromatic carbocycles. The van der Waals surface area contributed by atoms with Crippen molar-refractivity contribution >= 4 is 23.8 Å². The molecule has 0 saturated carbocycles. The molecule has 4 rings (SSSR count). The molecular formula is C37H41N5O5. The van der Waals surface area contributed by atoms with Crippen molar-refractivity contribution in [1.29, 1.82) is 0 Å². The Morgan fingerprint density at radius 2 is 1.21 bits per heavy atom. The number of nitrogens with two attached hydrogens (primary N) is 2. The lowest BCUT2D eigenvalue weighted by Gasteiger charge is -2.25. The average Bonchev–Trinajstić information content (AvgIpc) is 3.09. The lowest BCUT2D eigenvalue weighted by Crippen LogP contribution is -2.49. The van der Waals surface area contributed by atoms with Gasteiger partial charge in [-0.05, 0) is 47.6 Å².